The Balaban J connectivity index is 2.33. The van der Waals surface area contributed by atoms with Gasteiger partial charge in [0, 0.05) is 5.56 Å². The SMILES string of the molecule is CC(C)=CC[C@]12C(=O)/C(=C(\O)c3ccc(O)c(O)c3)C(=O)[C@](C/C=C(\C)C/C=C/C(C)C)(C[C@@H](C/C=C(\C)C/C=C/C(C)C)C1(C)C)C2=O. The average molecular weight is 671 g/mol. The molecule has 0 unspecified atom stereocenters. The summed E-state index contributed by atoms with van der Waals surface area (Å²) < 4.78 is 0. The number of fused-ring (bicyclic) bond motifs is 2. The van der Waals surface area contributed by atoms with Crippen molar-refractivity contribution in [2.75, 3.05) is 0 Å². The van der Waals surface area contributed by atoms with Gasteiger partial charge >= 0.3 is 0 Å². The summed E-state index contributed by atoms with van der Waals surface area (Å²) in [7, 11) is 0. The standard InChI is InChI=1S/C43H58O6/c1-27(2)13-11-15-30(7)17-19-33-26-42(23-22-31(8)16-12-14-28(3)4)38(47)36(37(46)32-18-20-34(44)35(45)25-32)39(48)43(40(42)49,41(33,9)10)24-21-29(5)6/h11-14,17-18,20-22,25,27-28,33,44-46H,15-16,19,23-24,26H2,1-10H3/b13-11+,14-12+,30-17+,31-22+,37-36-/t33-,42+,43-/m1/s1. The van der Waals surface area contributed by atoms with E-state index in [0.29, 0.717) is 24.7 Å². The van der Waals surface area contributed by atoms with Crippen molar-refractivity contribution in [2.24, 2.45) is 34.0 Å². The minimum atomic E-state index is -1.62. The summed E-state index contributed by atoms with van der Waals surface area (Å²) in [6.07, 6.45) is 17.1. The van der Waals surface area contributed by atoms with Gasteiger partial charge in [-0.1, -0.05) is 101 Å². The van der Waals surface area contributed by atoms with Gasteiger partial charge in [0.1, 0.15) is 16.7 Å². The molecule has 3 atom stereocenters. The number of ketones is 3. The zero-order valence-corrected chi connectivity index (χ0v) is 31.3. The maximum Gasteiger partial charge on any atom is 0.184 e. The third-order valence-corrected chi connectivity index (χ3v) is 10.6. The van der Waals surface area contributed by atoms with E-state index in [-0.39, 0.29) is 36.5 Å². The molecule has 2 saturated carbocycles. The van der Waals surface area contributed by atoms with E-state index in [1.807, 2.05) is 46.8 Å². The third-order valence-electron chi connectivity index (χ3n) is 10.6. The number of rotatable bonds is 13. The summed E-state index contributed by atoms with van der Waals surface area (Å²) in [4.78, 5) is 45.1. The van der Waals surface area contributed by atoms with E-state index in [1.54, 1.807) is 0 Å². The van der Waals surface area contributed by atoms with Crippen LogP contribution in [0, 0.1) is 34.0 Å². The van der Waals surface area contributed by atoms with Crippen molar-refractivity contribution in [1.29, 1.82) is 0 Å². The van der Waals surface area contributed by atoms with E-state index in [9.17, 15) is 24.9 Å². The highest BCUT2D eigenvalue weighted by Crippen LogP contribution is 2.65. The number of Topliss-reactive ketones (excluding diaryl/α,β-unsaturated/α-hetero) is 3. The maximum atomic E-state index is 15.2. The molecule has 0 radical (unpaired) electrons. The number of allylic oxidation sites excluding steroid dienone is 11. The number of aliphatic hydroxyl groups is 1. The van der Waals surface area contributed by atoms with Crippen LogP contribution in [0.1, 0.15) is 113 Å². The predicted octanol–water partition coefficient (Wildman–Crippen LogP) is 10.3. The second-order valence-electron chi connectivity index (χ2n) is 15.8. The first-order valence-electron chi connectivity index (χ1n) is 17.7. The fourth-order valence-corrected chi connectivity index (χ4v) is 7.36. The summed E-state index contributed by atoms with van der Waals surface area (Å²) in [5.74, 6) is -2.57. The lowest BCUT2D eigenvalue weighted by atomic mass is 9.38. The minimum absolute atomic E-state index is 0.0137. The fraction of sp³-hybridized carbons (Fsp3) is 0.512. The number of aromatic hydroxyl groups is 2. The van der Waals surface area contributed by atoms with Gasteiger partial charge < -0.3 is 15.3 Å². The summed E-state index contributed by atoms with van der Waals surface area (Å²) in [6.45, 7) is 20.3. The number of hydrogen-bond acceptors (Lipinski definition) is 6. The molecule has 2 bridgehead atoms. The van der Waals surface area contributed by atoms with Crippen molar-refractivity contribution in [3.8, 4) is 11.5 Å². The van der Waals surface area contributed by atoms with Gasteiger partial charge in [-0.15, -0.1) is 0 Å². The van der Waals surface area contributed by atoms with Crippen molar-refractivity contribution in [1.82, 2.24) is 0 Å². The van der Waals surface area contributed by atoms with E-state index < -0.39 is 50.6 Å². The molecule has 3 rings (SSSR count). The van der Waals surface area contributed by atoms with Crippen molar-refractivity contribution in [2.45, 2.75) is 108 Å². The number of hydrogen-bond donors (Lipinski definition) is 3. The van der Waals surface area contributed by atoms with E-state index in [1.165, 1.54) is 17.7 Å². The van der Waals surface area contributed by atoms with Crippen molar-refractivity contribution >= 4 is 23.1 Å². The Kier molecular flexibility index (Phi) is 12.7. The minimum Gasteiger partial charge on any atom is -0.506 e. The second-order valence-corrected chi connectivity index (χ2v) is 15.8. The molecule has 6 heteroatoms. The Morgan fingerprint density at radius 3 is 1.92 bits per heavy atom. The molecular formula is C43H58O6. The molecule has 0 aromatic heterocycles. The summed E-state index contributed by atoms with van der Waals surface area (Å²) in [5.41, 5.74) is -1.35. The second kappa shape index (κ2) is 15.7. The van der Waals surface area contributed by atoms with Crippen LogP contribution in [-0.4, -0.2) is 32.7 Å². The van der Waals surface area contributed by atoms with Gasteiger partial charge in [-0.25, -0.2) is 0 Å². The van der Waals surface area contributed by atoms with E-state index in [4.69, 9.17) is 0 Å². The smallest absolute Gasteiger partial charge is 0.184 e. The number of phenols is 2. The lowest BCUT2D eigenvalue weighted by molar-refractivity contribution is -0.176. The van der Waals surface area contributed by atoms with Crippen LogP contribution in [0.25, 0.3) is 5.76 Å². The normalized spacial score (nSPS) is 25.6. The van der Waals surface area contributed by atoms with Crippen molar-refractivity contribution < 1.29 is 29.7 Å². The summed E-state index contributed by atoms with van der Waals surface area (Å²) in [6, 6.07) is 3.67. The monoisotopic (exact) mass is 670 g/mol. The maximum absolute atomic E-state index is 15.2. The zero-order valence-electron chi connectivity index (χ0n) is 31.3. The average Bonchev–Trinajstić information content (AvgIpc) is 3.00. The molecule has 0 amide bonds. The highest BCUT2D eigenvalue weighted by molar-refractivity contribution is 6.41. The van der Waals surface area contributed by atoms with Crippen molar-refractivity contribution in [3.05, 3.63) is 88.6 Å². The van der Waals surface area contributed by atoms with Gasteiger partial charge in [-0.3, -0.25) is 14.4 Å². The van der Waals surface area contributed by atoms with Crippen LogP contribution in [0.5, 0.6) is 11.5 Å². The van der Waals surface area contributed by atoms with Gasteiger partial charge in [0.2, 0.25) is 0 Å². The molecule has 1 aromatic carbocycles. The summed E-state index contributed by atoms with van der Waals surface area (Å²) in [5, 5.41) is 31.9. The van der Waals surface area contributed by atoms with Crippen LogP contribution in [0.4, 0.5) is 0 Å². The molecule has 2 aliphatic rings. The summed E-state index contributed by atoms with van der Waals surface area (Å²) >= 11 is 0. The Labute approximate surface area is 294 Å². The molecule has 0 saturated heterocycles. The Hall–Kier alpha value is -3.93. The highest BCUT2D eigenvalue weighted by Gasteiger charge is 2.73. The topological polar surface area (TPSA) is 112 Å². The molecule has 2 fully saturated rings. The first-order valence-corrected chi connectivity index (χ1v) is 17.7. The first kappa shape index (κ1) is 39.5. The number of carbonyl (C=O) groups is 3. The van der Waals surface area contributed by atoms with Crippen molar-refractivity contribution in [3.63, 3.8) is 0 Å². The first-order chi connectivity index (χ1) is 22.8. The highest BCUT2D eigenvalue weighted by atomic mass is 16.3. The molecule has 0 aliphatic heterocycles. The Morgan fingerprint density at radius 1 is 0.816 bits per heavy atom. The quantitative estimate of drug-likeness (QED) is 0.0481. The van der Waals surface area contributed by atoms with Crippen LogP contribution in [0.2, 0.25) is 0 Å². The lowest BCUT2D eigenvalue weighted by Gasteiger charge is -2.60. The molecule has 0 heterocycles. The molecule has 2 aliphatic carbocycles. The molecular weight excluding hydrogens is 612 g/mol. The van der Waals surface area contributed by atoms with Gasteiger partial charge in [0.25, 0.3) is 0 Å². The van der Waals surface area contributed by atoms with Gasteiger partial charge in [0.05, 0.1) is 5.41 Å². The molecule has 0 spiro atoms. The van der Waals surface area contributed by atoms with Crippen LogP contribution < -0.4 is 0 Å². The van der Waals surface area contributed by atoms with Crippen LogP contribution in [0.3, 0.4) is 0 Å². The van der Waals surface area contributed by atoms with E-state index >= 15 is 4.79 Å². The number of phenolic OH excluding ortho intramolecular Hbond substituents is 2. The molecule has 6 nitrogen and oxygen atoms in total. The number of aliphatic hydroxyl groups excluding tert-OH is 1. The predicted molar refractivity (Wildman–Crippen MR) is 199 cm³/mol. The Morgan fingerprint density at radius 2 is 1.39 bits per heavy atom. The molecule has 1 aromatic rings. The van der Waals surface area contributed by atoms with Crippen LogP contribution in [-0.2, 0) is 14.4 Å². The number of benzene rings is 1. The Bertz CT molecular complexity index is 1620. The van der Waals surface area contributed by atoms with Gasteiger partial charge in [-0.05, 0) is 108 Å². The molecule has 266 valence electrons. The van der Waals surface area contributed by atoms with E-state index in [2.05, 4.69) is 65.0 Å². The van der Waals surface area contributed by atoms with Gasteiger partial charge in [0.15, 0.2) is 28.8 Å². The fourth-order valence-electron chi connectivity index (χ4n) is 7.36. The van der Waals surface area contributed by atoms with E-state index in [0.717, 1.165) is 23.6 Å². The third kappa shape index (κ3) is 8.11. The largest absolute Gasteiger partial charge is 0.506 e. The lowest BCUT2D eigenvalue weighted by Crippen LogP contribution is -2.69. The zero-order chi connectivity index (χ0) is 36.9. The van der Waals surface area contributed by atoms with Crippen LogP contribution in [0.15, 0.2) is 83.0 Å². The number of carbonyl (C=O) groups excluding carboxylic acids is 3. The molecule has 49 heavy (non-hydrogen) atoms. The molecule has 3 N–H and O–H groups in total. The van der Waals surface area contributed by atoms with Crippen LogP contribution >= 0.6 is 0 Å². The van der Waals surface area contributed by atoms with Gasteiger partial charge in [-0.2, -0.15) is 0 Å².